The maximum Gasteiger partial charge on any atom is 0.347 e. The van der Waals surface area contributed by atoms with Crippen LogP contribution in [-0.2, 0) is 57.2 Å². The molecule has 12 heteroatoms. The first-order valence-corrected chi connectivity index (χ1v) is 25.9. The lowest BCUT2D eigenvalue weighted by Crippen LogP contribution is -2.59. The molecule has 0 amide bonds. The van der Waals surface area contributed by atoms with Crippen LogP contribution < -0.4 is 0 Å². The molecule has 2 heterocycles. The molecule has 2 saturated heterocycles. The minimum absolute atomic E-state index is 0.0420. The zero-order valence-electron chi connectivity index (χ0n) is 43.6. The molecule has 9 rings (SSSR count). The van der Waals surface area contributed by atoms with Gasteiger partial charge in [-0.2, -0.15) is 0 Å². The predicted octanol–water partition coefficient (Wildman–Crippen LogP) is 10.9. The van der Waals surface area contributed by atoms with Crippen molar-refractivity contribution in [3.63, 3.8) is 0 Å². The number of rotatable bonds is 14. The summed E-state index contributed by atoms with van der Waals surface area (Å²) in [7, 11) is 0. The minimum atomic E-state index is -0.687. The highest BCUT2D eigenvalue weighted by molar-refractivity contribution is 5.83. The number of carbonyl (C=O) groups is 6. The Morgan fingerprint density at radius 3 is 1.61 bits per heavy atom. The Bertz CT molecular complexity index is 1760. The number of carbonyl (C=O) groups excluding carboxylic acids is 6. The summed E-state index contributed by atoms with van der Waals surface area (Å²) in [6.07, 6.45) is 14.4. The van der Waals surface area contributed by atoms with E-state index in [1.165, 1.54) is 38.5 Å². The Balaban J connectivity index is 0.000000167. The van der Waals surface area contributed by atoms with Crippen molar-refractivity contribution >= 4 is 35.8 Å². The Kier molecular flexibility index (Phi) is 16.6. The van der Waals surface area contributed by atoms with Gasteiger partial charge in [-0.15, -0.1) is 0 Å². The van der Waals surface area contributed by atoms with Crippen molar-refractivity contribution in [1.82, 2.24) is 0 Å². The van der Waals surface area contributed by atoms with Crippen LogP contribution in [-0.4, -0.2) is 71.9 Å². The van der Waals surface area contributed by atoms with Gasteiger partial charge in [0.15, 0.2) is 0 Å². The summed E-state index contributed by atoms with van der Waals surface area (Å²) < 4.78 is 32.7. The van der Waals surface area contributed by atoms with Crippen LogP contribution in [0.2, 0.25) is 0 Å². The topological polar surface area (TPSA) is 158 Å². The number of ether oxygens (including phenoxy) is 6. The lowest BCUT2D eigenvalue weighted by Gasteiger charge is -2.60. The number of cyclic esters (lactones) is 1. The summed E-state index contributed by atoms with van der Waals surface area (Å²) in [4.78, 5) is 70.8. The quantitative estimate of drug-likeness (QED) is 0.120. The molecule has 0 N–H and O–H groups in total. The molecule has 7 saturated carbocycles. The van der Waals surface area contributed by atoms with E-state index in [-0.39, 0.29) is 70.0 Å². The van der Waals surface area contributed by atoms with E-state index >= 15 is 0 Å². The van der Waals surface area contributed by atoms with Crippen molar-refractivity contribution in [2.45, 2.75) is 230 Å². The fourth-order valence-electron chi connectivity index (χ4n) is 11.3. The Morgan fingerprint density at radius 1 is 0.606 bits per heavy atom. The molecule has 0 aromatic carbocycles. The van der Waals surface area contributed by atoms with Crippen molar-refractivity contribution in [1.29, 1.82) is 0 Å². The fourth-order valence-corrected chi connectivity index (χ4v) is 11.3. The van der Waals surface area contributed by atoms with Gasteiger partial charge in [0.05, 0.1) is 34.2 Å². The van der Waals surface area contributed by atoms with Crippen LogP contribution in [0.5, 0.6) is 0 Å². The van der Waals surface area contributed by atoms with Gasteiger partial charge in [0.1, 0.15) is 23.4 Å². The first-order valence-electron chi connectivity index (χ1n) is 25.9. The highest BCUT2D eigenvalue weighted by Gasteiger charge is 2.64. The van der Waals surface area contributed by atoms with E-state index in [0.29, 0.717) is 43.1 Å². The second-order valence-corrected chi connectivity index (χ2v) is 24.4. The van der Waals surface area contributed by atoms with Crippen molar-refractivity contribution < 1.29 is 57.2 Å². The van der Waals surface area contributed by atoms with Crippen molar-refractivity contribution in [3.8, 4) is 0 Å². The molecular formula is C54H88O12. The molecule has 7 aliphatic carbocycles. The van der Waals surface area contributed by atoms with Gasteiger partial charge in [-0.1, -0.05) is 34.6 Å². The van der Waals surface area contributed by atoms with Crippen molar-refractivity contribution in [3.05, 3.63) is 0 Å². The molecule has 9 unspecified atom stereocenters. The van der Waals surface area contributed by atoms with Gasteiger partial charge in [-0.05, 0) is 183 Å². The maximum absolute atomic E-state index is 12.6. The average Bonchev–Trinajstić information content (AvgIpc) is 3.73. The predicted molar refractivity (Wildman–Crippen MR) is 250 cm³/mol. The SMILES string of the molecule is CCC(C)(C)C(=O)OC(C)(C)C1CC1.CCC(C)(C)C(=O)OC1C2CC3C(=O)OC1C3C2.CCC(C)(C)C(=O)OC1CCOC1=O.CCC1C2CC3CC(C2)CC1(OC(=O)C(C)(C)CC)C3. The van der Waals surface area contributed by atoms with Gasteiger partial charge in [-0.3, -0.25) is 24.0 Å². The molecule has 66 heavy (non-hydrogen) atoms. The van der Waals surface area contributed by atoms with Crippen LogP contribution in [0.15, 0.2) is 0 Å². The van der Waals surface area contributed by atoms with Gasteiger partial charge in [-0.25, -0.2) is 4.79 Å². The summed E-state index contributed by atoms with van der Waals surface area (Å²) in [6, 6.07) is 0. The maximum atomic E-state index is 12.6. The van der Waals surface area contributed by atoms with E-state index in [9.17, 15) is 28.8 Å². The Hall–Kier alpha value is -3.18. The molecule has 9 fully saturated rings. The molecule has 0 aromatic heterocycles. The molecule has 9 atom stereocenters. The molecule has 2 aliphatic heterocycles. The zero-order chi connectivity index (χ0) is 49.4. The monoisotopic (exact) mass is 929 g/mol. The van der Waals surface area contributed by atoms with Gasteiger partial charge in [0.25, 0.3) is 0 Å². The van der Waals surface area contributed by atoms with E-state index in [2.05, 4.69) is 13.8 Å². The number of hydrogen-bond donors (Lipinski definition) is 0. The lowest BCUT2D eigenvalue weighted by atomic mass is 9.49. The molecule has 9 aliphatic rings. The van der Waals surface area contributed by atoms with E-state index in [1.54, 1.807) is 13.8 Å². The smallest absolute Gasteiger partial charge is 0.347 e. The van der Waals surface area contributed by atoms with Crippen LogP contribution >= 0.6 is 0 Å². The van der Waals surface area contributed by atoms with E-state index < -0.39 is 22.9 Å². The molecule has 0 spiro atoms. The normalized spacial score (nSPS) is 32.7. The first-order chi connectivity index (χ1) is 30.6. The zero-order valence-corrected chi connectivity index (χ0v) is 43.6. The van der Waals surface area contributed by atoms with Gasteiger partial charge >= 0.3 is 35.8 Å². The second kappa shape index (κ2) is 20.4. The molecular weight excluding hydrogens is 841 g/mol. The summed E-state index contributed by atoms with van der Waals surface area (Å²) in [5.74, 6) is 3.36. The molecule has 0 aromatic rings. The number of esters is 6. The summed E-state index contributed by atoms with van der Waals surface area (Å²) >= 11 is 0. The third kappa shape index (κ3) is 11.8. The summed E-state index contributed by atoms with van der Waals surface area (Å²) in [5, 5.41) is 0. The molecule has 12 nitrogen and oxygen atoms in total. The van der Waals surface area contributed by atoms with Crippen LogP contribution in [0.4, 0.5) is 0 Å². The third-order valence-corrected chi connectivity index (χ3v) is 17.6. The highest BCUT2D eigenvalue weighted by atomic mass is 16.6. The van der Waals surface area contributed by atoms with E-state index in [1.807, 2.05) is 76.2 Å². The molecule has 0 radical (unpaired) electrons. The van der Waals surface area contributed by atoms with Crippen molar-refractivity contribution in [2.75, 3.05) is 6.61 Å². The van der Waals surface area contributed by atoms with Crippen LogP contribution in [0, 0.1) is 69.0 Å². The van der Waals surface area contributed by atoms with Crippen molar-refractivity contribution in [2.24, 2.45) is 69.0 Å². The summed E-state index contributed by atoms with van der Waals surface area (Å²) in [6.45, 7) is 30.0. The number of fused-ring (bicyclic) bond motifs is 1. The van der Waals surface area contributed by atoms with Gasteiger partial charge < -0.3 is 28.4 Å². The average molecular weight is 929 g/mol. The van der Waals surface area contributed by atoms with E-state index in [4.69, 9.17) is 28.4 Å². The standard InChI is InChI=1S/C18H30O2.C14H20O4.C12H22O2.C10H16O4/c1-5-15-14-8-12-7-13(9-14)11-18(15,10-12)20-16(19)17(3,4)6-2;1-4-14(2,3)13(16)18-10-7-5-8-9(6-7)12(15)17-11(8)10;1-6-11(2,3)10(13)14-12(4,5)9-7-8-9;1-4-10(2,3)9(12)14-7-5-6-13-8(7)11/h12-15H,5-11H2,1-4H3;7-11H,4-6H2,1-3H3;9H,6-8H2,1-5H3;7H,4-6H2,1-3H3. The van der Waals surface area contributed by atoms with Crippen LogP contribution in [0.25, 0.3) is 0 Å². The second-order valence-electron chi connectivity index (χ2n) is 24.4. The third-order valence-electron chi connectivity index (χ3n) is 17.6. The summed E-state index contributed by atoms with van der Waals surface area (Å²) in [5.41, 5.74) is -2.02. The number of hydrogen-bond acceptors (Lipinski definition) is 12. The lowest BCUT2D eigenvalue weighted by molar-refractivity contribution is -0.216. The van der Waals surface area contributed by atoms with E-state index in [0.717, 1.165) is 62.7 Å². The van der Waals surface area contributed by atoms with Crippen LogP contribution in [0.1, 0.15) is 200 Å². The Morgan fingerprint density at radius 2 is 1.12 bits per heavy atom. The largest absolute Gasteiger partial charge is 0.463 e. The molecule has 376 valence electrons. The van der Waals surface area contributed by atoms with Gasteiger partial charge in [0.2, 0.25) is 6.10 Å². The molecule has 6 bridgehead atoms. The Labute approximate surface area is 397 Å². The highest BCUT2D eigenvalue weighted by Crippen LogP contribution is 2.61. The minimum Gasteiger partial charge on any atom is -0.463 e. The fraction of sp³-hybridized carbons (Fsp3) is 0.889. The van der Waals surface area contributed by atoms with Crippen LogP contribution in [0.3, 0.4) is 0 Å². The van der Waals surface area contributed by atoms with Gasteiger partial charge in [0, 0.05) is 24.2 Å². The first kappa shape index (κ1) is 53.8.